The van der Waals surface area contributed by atoms with Gasteiger partial charge in [0, 0.05) is 12.1 Å². The van der Waals surface area contributed by atoms with Crippen LogP contribution in [0.5, 0.6) is 0 Å². The molecule has 0 aliphatic carbocycles. The molecule has 0 aromatic heterocycles. The molecule has 0 aliphatic rings. The van der Waals surface area contributed by atoms with E-state index in [1.165, 1.54) is 12.1 Å². The van der Waals surface area contributed by atoms with Gasteiger partial charge in [0.1, 0.15) is 0 Å². The maximum Gasteiger partial charge on any atom is 0.269 e. The average Bonchev–Trinajstić information content (AvgIpc) is 2.65. The third-order valence-corrected chi connectivity index (χ3v) is 3.98. The molecule has 0 aliphatic heterocycles. The summed E-state index contributed by atoms with van der Waals surface area (Å²) in [5, 5.41) is 20.8. The topological polar surface area (TPSA) is 72.6 Å². The van der Waals surface area contributed by atoms with E-state index in [4.69, 9.17) is 4.89 Å². The minimum atomic E-state index is -1.27. The van der Waals surface area contributed by atoms with Crippen LogP contribution in [0.1, 0.15) is 16.7 Å². The minimum absolute atomic E-state index is 0.0216. The van der Waals surface area contributed by atoms with Crippen LogP contribution in [0.4, 0.5) is 5.69 Å². The molecule has 0 saturated heterocycles. The maximum absolute atomic E-state index is 10.9. The van der Waals surface area contributed by atoms with Gasteiger partial charge in [-0.25, -0.2) is 4.89 Å². The van der Waals surface area contributed by atoms with E-state index in [-0.39, 0.29) is 5.69 Å². The number of benzene rings is 3. The smallest absolute Gasteiger partial charge is 0.258 e. The van der Waals surface area contributed by atoms with Gasteiger partial charge in [0.15, 0.2) is 5.60 Å². The molecule has 24 heavy (non-hydrogen) atoms. The fraction of sp³-hybridized carbons (Fsp3) is 0.0526. The molecule has 0 atom stereocenters. The lowest BCUT2D eigenvalue weighted by Gasteiger charge is -2.32. The van der Waals surface area contributed by atoms with E-state index in [0.29, 0.717) is 16.7 Å². The first-order valence-electron chi connectivity index (χ1n) is 7.37. The van der Waals surface area contributed by atoms with Gasteiger partial charge in [0.25, 0.3) is 5.69 Å². The van der Waals surface area contributed by atoms with Crippen molar-refractivity contribution < 1.29 is 15.1 Å². The van der Waals surface area contributed by atoms with E-state index in [9.17, 15) is 15.4 Å². The highest BCUT2D eigenvalue weighted by molar-refractivity contribution is 5.49. The van der Waals surface area contributed by atoms with Crippen LogP contribution in [-0.4, -0.2) is 10.2 Å². The fourth-order valence-electron chi connectivity index (χ4n) is 2.82. The van der Waals surface area contributed by atoms with Crippen LogP contribution in [0.25, 0.3) is 0 Å². The summed E-state index contributed by atoms with van der Waals surface area (Å²) in [6.07, 6.45) is 0. The quantitative estimate of drug-likeness (QED) is 0.328. The molecule has 0 radical (unpaired) electrons. The van der Waals surface area contributed by atoms with Gasteiger partial charge in [-0.05, 0) is 28.8 Å². The largest absolute Gasteiger partial charge is 0.269 e. The fourth-order valence-corrected chi connectivity index (χ4v) is 2.82. The molecule has 3 aromatic carbocycles. The van der Waals surface area contributed by atoms with E-state index < -0.39 is 10.5 Å². The van der Waals surface area contributed by atoms with Crippen molar-refractivity contribution in [2.75, 3.05) is 0 Å². The lowest BCUT2D eigenvalue weighted by Crippen LogP contribution is -2.31. The molecular weight excluding hydrogens is 306 g/mol. The second-order valence-corrected chi connectivity index (χ2v) is 5.31. The molecule has 0 heterocycles. The number of nitro groups is 1. The first-order valence-corrected chi connectivity index (χ1v) is 7.37. The highest BCUT2D eigenvalue weighted by Crippen LogP contribution is 2.40. The van der Waals surface area contributed by atoms with E-state index >= 15 is 0 Å². The summed E-state index contributed by atoms with van der Waals surface area (Å²) in [6, 6.07) is 24.4. The molecular formula is C19H15NO4. The van der Waals surface area contributed by atoms with Crippen molar-refractivity contribution in [1.29, 1.82) is 0 Å². The van der Waals surface area contributed by atoms with Gasteiger partial charge < -0.3 is 0 Å². The van der Waals surface area contributed by atoms with E-state index in [2.05, 4.69) is 0 Å². The summed E-state index contributed by atoms with van der Waals surface area (Å²) >= 11 is 0. The highest BCUT2D eigenvalue weighted by atomic mass is 17.1. The molecule has 0 saturated carbocycles. The number of nitrogens with zero attached hydrogens (tertiary/aromatic N) is 1. The lowest BCUT2D eigenvalue weighted by molar-refractivity contribution is -0.384. The van der Waals surface area contributed by atoms with Crippen molar-refractivity contribution in [1.82, 2.24) is 0 Å². The molecule has 3 rings (SSSR count). The molecule has 0 unspecified atom stereocenters. The van der Waals surface area contributed by atoms with Gasteiger partial charge in [-0.2, -0.15) is 0 Å². The average molecular weight is 321 g/mol. The minimum Gasteiger partial charge on any atom is -0.258 e. The summed E-state index contributed by atoms with van der Waals surface area (Å²) in [7, 11) is 0. The Morgan fingerprint density at radius 3 is 1.54 bits per heavy atom. The number of hydrogen-bond acceptors (Lipinski definition) is 4. The van der Waals surface area contributed by atoms with Crippen molar-refractivity contribution in [2.24, 2.45) is 0 Å². The molecule has 5 nitrogen and oxygen atoms in total. The number of hydrogen-bond donors (Lipinski definition) is 1. The lowest BCUT2D eigenvalue weighted by atomic mass is 9.80. The third kappa shape index (κ3) is 2.67. The SMILES string of the molecule is O=[N+]([O-])c1ccc(C(OO)(c2ccccc2)c2ccccc2)cc1. The molecule has 1 N–H and O–H groups in total. The second-order valence-electron chi connectivity index (χ2n) is 5.31. The molecule has 120 valence electrons. The zero-order chi connectivity index (χ0) is 17.0. The van der Waals surface area contributed by atoms with Gasteiger partial charge in [0.2, 0.25) is 0 Å². The van der Waals surface area contributed by atoms with Crippen LogP contribution in [-0.2, 0) is 10.5 Å². The Balaban J connectivity index is 2.24. The van der Waals surface area contributed by atoms with Gasteiger partial charge in [0.05, 0.1) is 4.92 Å². The molecule has 5 heteroatoms. The van der Waals surface area contributed by atoms with Gasteiger partial charge in [-0.3, -0.25) is 15.4 Å². The number of non-ortho nitro benzene ring substituents is 1. The Morgan fingerprint density at radius 1 is 0.750 bits per heavy atom. The highest BCUT2D eigenvalue weighted by Gasteiger charge is 2.38. The maximum atomic E-state index is 10.9. The zero-order valence-electron chi connectivity index (χ0n) is 12.7. The zero-order valence-corrected chi connectivity index (χ0v) is 12.7. The van der Waals surface area contributed by atoms with Gasteiger partial charge in [-0.1, -0.05) is 60.7 Å². The summed E-state index contributed by atoms with van der Waals surface area (Å²) in [6.45, 7) is 0. The van der Waals surface area contributed by atoms with Crippen molar-refractivity contribution in [2.45, 2.75) is 5.60 Å². The van der Waals surface area contributed by atoms with E-state index in [1.807, 2.05) is 60.7 Å². The van der Waals surface area contributed by atoms with E-state index in [1.54, 1.807) is 12.1 Å². The van der Waals surface area contributed by atoms with Crippen LogP contribution < -0.4 is 0 Å². The predicted octanol–water partition coefficient (Wildman–Crippen LogP) is 4.38. The summed E-state index contributed by atoms with van der Waals surface area (Å²) in [5.41, 5.74) is 0.734. The normalized spacial score (nSPS) is 11.2. The van der Waals surface area contributed by atoms with Crippen LogP contribution in [0, 0.1) is 10.1 Å². The standard InChI is InChI=1S/C19H15NO4/c21-20(22)18-13-11-17(12-14-18)19(24-23,15-7-3-1-4-8-15)16-9-5-2-6-10-16/h1-14,23H. The Labute approximate surface area is 138 Å². The first kappa shape index (κ1) is 15.9. The monoisotopic (exact) mass is 321 g/mol. The summed E-state index contributed by atoms with van der Waals surface area (Å²) < 4.78 is 0. The molecule has 0 fully saturated rings. The van der Waals surface area contributed by atoms with Crippen LogP contribution in [0.2, 0.25) is 0 Å². The first-order chi connectivity index (χ1) is 11.7. The Morgan fingerprint density at radius 2 is 1.17 bits per heavy atom. The number of rotatable bonds is 5. The van der Waals surface area contributed by atoms with Crippen LogP contribution >= 0.6 is 0 Å². The molecule has 0 bridgehead atoms. The Kier molecular flexibility index (Phi) is 4.37. The molecule has 0 spiro atoms. The summed E-state index contributed by atoms with van der Waals surface area (Å²) in [4.78, 5) is 15.5. The predicted molar refractivity (Wildman–Crippen MR) is 89.6 cm³/mol. The van der Waals surface area contributed by atoms with Crippen molar-refractivity contribution in [3.63, 3.8) is 0 Å². The molecule has 0 amide bonds. The molecule has 3 aromatic rings. The van der Waals surface area contributed by atoms with Crippen molar-refractivity contribution in [3.8, 4) is 0 Å². The van der Waals surface area contributed by atoms with Crippen molar-refractivity contribution >= 4 is 5.69 Å². The van der Waals surface area contributed by atoms with Gasteiger partial charge >= 0.3 is 0 Å². The summed E-state index contributed by atoms with van der Waals surface area (Å²) in [5.74, 6) is 0. The Bertz CT molecular complexity index is 778. The van der Waals surface area contributed by atoms with Gasteiger partial charge in [-0.15, -0.1) is 0 Å². The van der Waals surface area contributed by atoms with Crippen molar-refractivity contribution in [3.05, 3.63) is 112 Å². The van der Waals surface area contributed by atoms with E-state index in [0.717, 1.165) is 0 Å². The third-order valence-electron chi connectivity index (χ3n) is 3.98. The Hall–Kier alpha value is -3.02. The van der Waals surface area contributed by atoms with Crippen LogP contribution in [0.3, 0.4) is 0 Å². The van der Waals surface area contributed by atoms with Crippen LogP contribution in [0.15, 0.2) is 84.9 Å². The number of nitro benzene ring substituents is 1. The second kappa shape index (κ2) is 6.62.